The summed E-state index contributed by atoms with van der Waals surface area (Å²) in [6.07, 6.45) is 7.42. The van der Waals surface area contributed by atoms with E-state index in [0.29, 0.717) is 29.2 Å². The molecular weight excluding hydrogens is 514 g/mol. The number of hydrogen-bond donors (Lipinski definition) is 2. The fourth-order valence-corrected chi connectivity index (χ4v) is 4.51. The summed E-state index contributed by atoms with van der Waals surface area (Å²) < 4.78 is 6.58. The molecule has 0 aliphatic heterocycles. The predicted octanol–water partition coefficient (Wildman–Crippen LogP) is 5.84. The van der Waals surface area contributed by atoms with Gasteiger partial charge in [-0.2, -0.15) is 0 Å². The molecule has 1 aliphatic carbocycles. The number of carbonyl (C=O) groups excluding carboxylic acids is 2. The second-order valence-electron chi connectivity index (χ2n) is 8.49. The fraction of sp³-hybridized carbons (Fsp3) is 0.423. The fourth-order valence-electron chi connectivity index (χ4n) is 3.96. The number of benzene rings is 2. The SMILES string of the molecule is CCCCOc1ccc(Br)cc1C(=O)NC(=S)N(C)c1ccccc1C(=O)NC1CCCCC1. The van der Waals surface area contributed by atoms with Gasteiger partial charge in [-0.05, 0) is 61.8 Å². The molecule has 182 valence electrons. The van der Waals surface area contributed by atoms with Crippen molar-refractivity contribution in [2.45, 2.75) is 57.9 Å². The van der Waals surface area contributed by atoms with Crippen LogP contribution in [0.1, 0.15) is 72.6 Å². The normalized spacial score (nSPS) is 13.7. The molecule has 2 amide bonds. The summed E-state index contributed by atoms with van der Waals surface area (Å²) in [6, 6.07) is 12.8. The van der Waals surface area contributed by atoms with E-state index in [2.05, 4.69) is 33.5 Å². The first-order chi connectivity index (χ1) is 16.4. The number of rotatable bonds is 8. The van der Waals surface area contributed by atoms with Gasteiger partial charge < -0.3 is 15.0 Å². The Hall–Kier alpha value is -2.45. The van der Waals surface area contributed by atoms with Crippen LogP contribution in [-0.4, -0.2) is 36.6 Å². The molecule has 0 radical (unpaired) electrons. The quantitative estimate of drug-likeness (QED) is 0.322. The van der Waals surface area contributed by atoms with Gasteiger partial charge in [0.05, 0.1) is 23.4 Å². The Bertz CT molecular complexity index is 1020. The lowest BCUT2D eigenvalue weighted by molar-refractivity contribution is 0.0927. The molecule has 0 bridgehead atoms. The Labute approximate surface area is 215 Å². The minimum atomic E-state index is -0.367. The van der Waals surface area contributed by atoms with Crippen LogP contribution in [0.25, 0.3) is 0 Å². The second-order valence-corrected chi connectivity index (χ2v) is 9.79. The van der Waals surface area contributed by atoms with Crippen LogP contribution in [-0.2, 0) is 0 Å². The van der Waals surface area contributed by atoms with Gasteiger partial charge in [-0.15, -0.1) is 0 Å². The maximum absolute atomic E-state index is 13.1. The lowest BCUT2D eigenvalue weighted by Crippen LogP contribution is -2.42. The number of nitrogens with zero attached hydrogens (tertiary/aromatic N) is 1. The van der Waals surface area contributed by atoms with Crippen molar-refractivity contribution < 1.29 is 14.3 Å². The van der Waals surface area contributed by atoms with Crippen molar-refractivity contribution >= 4 is 50.8 Å². The van der Waals surface area contributed by atoms with Crippen molar-refractivity contribution in [3.63, 3.8) is 0 Å². The number of amides is 2. The van der Waals surface area contributed by atoms with Crippen LogP contribution < -0.4 is 20.3 Å². The van der Waals surface area contributed by atoms with Gasteiger partial charge in [-0.25, -0.2) is 0 Å². The van der Waals surface area contributed by atoms with Gasteiger partial charge in [0, 0.05) is 17.6 Å². The topological polar surface area (TPSA) is 70.7 Å². The van der Waals surface area contributed by atoms with E-state index in [9.17, 15) is 9.59 Å². The summed E-state index contributed by atoms with van der Waals surface area (Å²) in [5, 5.41) is 6.14. The van der Waals surface area contributed by atoms with Crippen molar-refractivity contribution in [1.29, 1.82) is 0 Å². The highest BCUT2D eigenvalue weighted by atomic mass is 79.9. The molecule has 2 aromatic carbocycles. The van der Waals surface area contributed by atoms with Gasteiger partial charge in [0.25, 0.3) is 11.8 Å². The van der Waals surface area contributed by atoms with E-state index in [-0.39, 0.29) is 23.0 Å². The largest absolute Gasteiger partial charge is 0.493 e. The lowest BCUT2D eigenvalue weighted by Gasteiger charge is -2.26. The third-order valence-corrected chi connectivity index (χ3v) is 6.79. The van der Waals surface area contributed by atoms with E-state index in [0.717, 1.165) is 43.0 Å². The Morgan fingerprint density at radius 2 is 1.82 bits per heavy atom. The predicted molar refractivity (Wildman–Crippen MR) is 144 cm³/mol. The van der Waals surface area contributed by atoms with Gasteiger partial charge in [0.1, 0.15) is 5.75 Å². The number of hydrogen-bond acceptors (Lipinski definition) is 4. The molecule has 1 saturated carbocycles. The second kappa shape index (κ2) is 12.9. The Morgan fingerprint density at radius 1 is 1.09 bits per heavy atom. The van der Waals surface area contributed by atoms with Crippen molar-refractivity contribution in [2.75, 3.05) is 18.6 Å². The van der Waals surface area contributed by atoms with Crippen LogP contribution in [0, 0.1) is 0 Å². The summed E-state index contributed by atoms with van der Waals surface area (Å²) in [5.74, 6) is 0.0164. The molecule has 0 heterocycles. The highest BCUT2D eigenvalue weighted by Crippen LogP contribution is 2.25. The molecule has 0 atom stereocenters. The van der Waals surface area contributed by atoms with Gasteiger partial charge >= 0.3 is 0 Å². The molecule has 0 aromatic heterocycles. The minimum Gasteiger partial charge on any atom is -0.493 e. The average Bonchev–Trinajstić information content (AvgIpc) is 2.85. The molecule has 2 N–H and O–H groups in total. The third-order valence-electron chi connectivity index (χ3n) is 5.92. The van der Waals surface area contributed by atoms with E-state index < -0.39 is 0 Å². The number of carbonyl (C=O) groups is 2. The van der Waals surface area contributed by atoms with E-state index >= 15 is 0 Å². The van der Waals surface area contributed by atoms with E-state index in [1.165, 1.54) is 6.42 Å². The van der Waals surface area contributed by atoms with Crippen molar-refractivity contribution in [1.82, 2.24) is 10.6 Å². The molecule has 1 aliphatic rings. The maximum Gasteiger partial charge on any atom is 0.261 e. The first-order valence-corrected chi connectivity index (χ1v) is 13.0. The number of halogens is 1. The van der Waals surface area contributed by atoms with Gasteiger partial charge in [-0.1, -0.05) is 60.7 Å². The highest BCUT2D eigenvalue weighted by molar-refractivity contribution is 9.10. The maximum atomic E-state index is 13.1. The molecule has 8 heteroatoms. The standard InChI is InChI=1S/C26H32BrN3O3S/c1-3-4-16-33-23-15-14-18(27)17-21(23)25(32)29-26(34)30(2)22-13-9-8-12-20(22)24(31)28-19-10-6-5-7-11-19/h8-9,12-15,17,19H,3-7,10-11,16H2,1-2H3,(H,28,31)(H,29,32,34). The van der Waals surface area contributed by atoms with Crippen molar-refractivity contribution in [2.24, 2.45) is 0 Å². The Balaban J connectivity index is 1.72. The summed E-state index contributed by atoms with van der Waals surface area (Å²) >= 11 is 8.96. The van der Waals surface area contributed by atoms with E-state index in [4.69, 9.17) is 17.0 Å². The van der Waals surface area contributed by atoms with Crippen LogP contribution in [0.3, 0.4) is 0 Å². The Kier molecular flexibility index (Phi) is 9.89. The van der Waals surface area contributed by atoms with Gasteiger partial charge in [-0.3, -0.25) is 14.9 Å². The van der Waals surface area contributed by atoms with E-state index in [1.54, 1.807) is 30.1 Å². The third kappa shape index (κ3) is 7.03. The summed E-state index contributed by atoms with van der Waals surface area (Å²) in [6.45, 7) is 2.62. The number of thiocarbonyl (C=S) groups is 1. The average molecular weight is 547 g/mol. The molecule has 0 spiro atoms. The van der Waals surface area contributed by atoms with Gasteiger partial charge in [0.2, 0.25) is 0 Å². The number of nitrogens with one attached hydrogen (secondary N) is 2. The first-order valence-electron chi connectivity index (χ1n) is 11.8. The zero-order valence-electron chi connectivity index (χ0n) is 19.7. The molecule has 2 aromatic rings. The molecule has 6 nitrogen and oxygen atoms in total. The number of anilines is 1. The molecular formula is C26H32BrN3O3S. The highest BCUT2D eigenvalue weighted by Gasteiger charge is 2.22. The van der Waals surface area contributed by atoms with E-state index in [1.807, 2.05) is 24.3 Å². The first kappa shape index (κ1) is 26.2. The van der Waals surface area contributed by atoms with Crippen LogP contribution in [0.2, 0.25) is 0 Å². The Morgan fingerprint density at radius 3 is 2.56 bits per heavy atom. The smallest absolute Gasteiger partial charge is 0.261 e. The molecule has 3 rings (SSSR count). The van der Waals surface area contributed by atoms with Crippen molar-refractivity contribution in [3.8, 4) is 5.75 Å². The molecule has 0 saturated heterocycles. The number of para-hydroxylation sites is 1. The summed E-state index contributed by atoms with van der Waals surface area (Å²) in [7, 11) is 1.74. The minimum absolute atomic E-state index is 0.123. The van der Waals surface area contributed by atoms with Crippen LogP contribution in [0.5, 0.6) is 5.75 Å². The molecule has 34 heavy (non-hydrogen) atoms. The van der Waals surface area contributed by atoms with Crippen LogP contribution >= 0.6 is 28.1 Å². The van der Waals surface area contributed by atoms with Gasteiger partial charge in [0.15, 0.2) is 5.11 Å². The molecule has 1 fully saturated rings. The summed E-state index contributed by atoms with van der Waals surface area (Å²) in [4.78, 5) is 27.7. The number of unbranched alkanes of at least 4 members (excludes halogenated alkanes) is 1. The zero-order valence-corrected chi connectivity index (χ0v) is 22.1. The van der Waals surface area contributed by atoms with Crippen LogP contribution in [0.15, 0.2) is 46.9 Å². The monoisotopic (exact) mass is 545 g/mol. The zero-order chi connectivity index (χ0) is 24.5. The summed E-state index contributed by atoms with van der Waals surface area (Å²) in [5.41, 5.74) is 1.55. The number of ether oxygens (including phenoxy) is 1. The van der Waals surface area contributed by atoms with Crippen LogP contribution in [0.4, 0.5) is 5.69 Å². The van der Waals surface area contributed by atoms with Crippen molar-refractivity contribution in [3.05, 3.63) is 58.1 Å². The lowest BCUT2D eigenvalue weighted by atomic mass is 9.95. The molecule has 0 unspecified atom stereocenters.